The molecule has 0 aliphatic rings. The van der Waals surface area contributed by atoms with Gasteiger partial charge in [0.15, 0.2) is 0 Å². The summed E-state index contributed by atoms with van der Waals surface area (Å²) in [5, 5.41) is 0. The Morgan fingerprint density at radius 3 is 1.39 bits per heavy atom. The summed E-state index contributed by atoms with van der Waals surface area (Å²) in [6.45, 7) is 13.2. The molecule has 0 radical (unpaired) electrons. The normalized spacial score (nSPS) is 11.0. The molecule has 0 aromatic heterocycles. The smallest absolute Gasteiger partial charge is 0.373 e. The average molecular weight is 430 g/mol. The van der Waals surface area contributed by atoms with E-state index >= 15 is 0 Å². The lowest BCUT2D eigenvalue weighted by Crippen LogP contribution is -2.27. The van der Waals surface area contributed by atoms with E-state index in [1.165, 1.54) is 0 Å². The fraction of sp³-hybridized carbons (Fsp3) is 0.417. The summed E-state index contributed by atoms with van der Waals surface area (Å²) < 4.78 is 5.27. The van der Waals surface area contributed by atoms with Crippen LogP contribution in [0, 0.1) is 41.5 Å². The lowest BCUT2D eigenvalue weighted by molar-refractivity contribution is -0.426. The van der Waals surface area contributed by atoms with Crippen LogP contribution in [0.25, 0.3) is 0 Å². The SMILES string of the molecule is CCOCC(OOC(=O)c1c(C)cc(C)cc1C)OOC(=O)c1c(C)cc(C)cc1C. The number of carbonyl (C=O) groups is 2. The van der Waals surface area contributed by atoms with E-state index in [0.717, 1.165) is 33.4 Å². The Bertz CT molecular complexity index is 829. The quantitative estimate of drug-likeness (QED) is 0.322. The molecule has 2 rings (SSSR count). The van der Waals surface area contributed by atoms with Gasteiger partial charge in [0, 0.05) is 6.61 Å². The van der Waals surface area contributed by atoms with Crippen molar-refractivity contribution in [3.63, 3.8) is 0 Å². The molecular weight excluding hydrogens is 400 g/mol. The third kappa shape index (κ3) is 6.62. The van der Waals surface area contributed by atoms with Crippen LogP contribution in [0.1, 0.15) is 61.0 Å². The minimum Gasteiger partial charge on any atom is -0.376 e. The zero-order valence-corrected chi connectivity index (χ0v) is 19.2. The molecule has 0 amide bonds. The van der Waals surface area contributed by atoms with Crippen molar-refractivity contribution in [1.82, 2.24) is 0 Å². The lowest BCUT2D eigenvalue weighted by Gasteiger charge is -2.17. The number of ether oxygens (including phenoxy) is 1. The summed E-state index contributed by atoms with van der Waals surface area (Å²) in [5.74, 6) is -1.34. The van der Waals surface area contributed by atoms with Crippen molar-refractivity contribution < 1.29 is 33.9 Å². The van der Waals surface area contributed by atoms with Crippen LogP contribution >= 0.6 is 0 Å². The van der Waals surface area contributed by atoms with Crippen LogP contribution < -0.4 is 0 Å². The minimum atomic E-state index is -1.25. The molecule has 0 unspecified atom stereocenters. The van der Waals surface area contributed by atoms with Crippen molar-refractivity contribution in [3.8, 4) is 0 Å². The van der Waals surface area contributed by atoms with Gasteiger partial charge < -0.3 is 4.74 Å². The van der Waals surface area contributed by atoms with Crippen molar-refractivity contribution in [2.24, 2.45) is 0 Å². The fourth-order valence-corrected chi connectivity index (χ4v) is 3.57. The zero-order valence-electron chi connectivity index (χ0n) is 19.2. The molecule has 0 atom stereocenters. The second-order valence-corrected chi connectivity index (χ2v) is 7.57. The number of aryl methyl sites for hydroxylation is 6. The third-order valence-corrected chi connectivity index (χ3v) is 4.68. The Morgan fingerprint density at radius 2 is 1.06 bits per heavy atom. The van der Waals surface area contributed by atoms with Crippen LogP contribution in [-0.2, 0) is 24.3 Å². The van der Waals surface area contributed by atoms with Crippen molar-refractivity contribution in [1.29, 1.82) is 0 Å². The van der Waals surface area contributed by atoms with Gasteiger partial charge in [-0.05, 0) is 70.7 Å². The number of hydrogen-bond acceptors (Lipinski definition) is 7. The van der Waals surface area contributed by atoms with Crippen LogP contribution in [0.5, 0.6) is 0 Å². The third-order valence-electron chi connectivity index (χ3n) is 4.68. The second kappa shape index (κ2) is 11.0. The van der Waals surface area contributed by atoms with E-state index in [1.807, 2.05) is 65.8 Å². The molecule has 0 saturated heterocycles. The maximum Gasteiger partial charge on any atom is 0.373 e. The van der Waals surface area contributed by atoms with Gasteiger partial charge in [0.2, 0.25) is 0 Å². The topological polar surface area (TPSA) is 80.3 Å². The van der Waals surface area contributed by atoms with Crippen LogP contribution in [0.3, 0.4) is 0 Å². The van der Waals surface area contributed by atoms with Gasteiger partial charge in [-0.1, -0.05) is 35.4 Å². The molecule has 0 N–H and O–H groups in total. The molecule has 0 aliphatic carbocycles. The van der Waals surface area contributed by atoms with E-state index < -0.39 is 18.2 Å². The largest absolute Gasteiger partial charge is 0.376 e. The zero-order chi connectivity index (χ0) is 23.1. The molecule has 0 bridgehead atoms. The van der Waals surface area contributed by atoms with Gasteiger partial charge >= 0.3 is 11.9 Å². The molecule has 7 nitrogen and oxygen atoms in total. The molecule has 7 heteroatoms. The summed E-state index contributed by atoms with van der Waals surface area (Å²) in [6.07, 6.45) is -1.25. The van der Waals surface area contributed by atoms with Crippen molar-refractivity contribution >= 4 is 11.9 Å². The Hall–Kier alpha value is -2.74. The van der Waals surface area contributed by atoms with Gasteiger partial charge in [-0.25, -0.2) is 9.59 Å². The highest BCUT2D eigenvalue weighted by atomic mass is 17.3. The van der Waals surface area contributed by atoms with Gasteiger partial charge in [-0.3, -0.25) is 9.78 Å². The predicted octanol–water partition coefficient (Wildman–Crippen LogP) is 4.78. The van der Waals surface area contributed by atoms with Gasteiger partial charge in [0.05, 0.1) is 11.1 Å². The summed E-state index contributed by atoms with van der Waals surface area (Å²) in [5.41, 5.74) is 5.97. The molecule has 2 aromatic carbocycles. The number of hydrogen-bond donors (Lipinski definition) is 0. The van der Waals surface area contributed by atoms with Crippen molar-refractivity contribution in [2.75, 3.05) is 13.2 Å². The van der Waals surface area contributed by atoms with Gasteiger partial charge in [0.1, 0.15) is 6.61 Å². The molecule has 168 valence electrons. The van der Waals surface area contributed by atoms with E-state index in [1.54, 1.807) is 6.92 Å². The van der Waals surface area contributed by atoms with E-state index in [2.05, 4.69) is 0 Å². The summed E-state index contributed by atoms with van der Waals surface area (Å²) >= 11 is 0. The van der Waals surface area contributed by atoms with E-state index in [-0.39, 0.29) is 6.61 Å². The molecule has 0 spiro atoms. The van der Waals surface area contributed by atoms with Gasteiger partial charge in [-0.2, -0.15) is 0 Å². The minimum absolute atomic E-state index is 0.102. The van der Waals surface area contributed by atoms with E-state index in [0.29, 0.717) is 17.7 Å². The molecule has 0 heterocycles. The summed E-state index contributed by atoms with van der Waals surface area (Å²) in [6, 6.07) is 7.52. The van der Waals surface area contributed by atoms with Crippen molar-refractivity contribution in [2.45, 2.75) is 54.8 Å². The van der Waals surface area contributed by atoms with Crippen molar-refractivity contribution in [3.05, 3.63) is 68.8 Å². The molecular formula is C24H30O7. The van der Waals surface area contributed by atoms with Crippen LogP contribution in [0.4, 0.5) is 0 Å². The maximum absolute atomic E-state index is 12.5. The Balaban J connectivity index is 2.04. The highest BCUT2D eigenvalue weighted by Crippen LogP contribution is 2.19. The van der Waals surface area contributed by atoms with Crippen LogP contribution in [0.2, 0.25) is 0 Å². The van der Waals surface area contributed by atoms with Gasteiger partial charge in [0.25, 0.3) is 6.29 Å². The Labute approximate surface area is 183 Å². The standard InChI is InChI=1S/C24H30O7/c1-8-27-13-20(28-30-23(25)21-16(4)9-14(2)10-17(21)5)29-31-24(26)22-18(6)11-15(3)12-19(22)7/h9-12,20H,8,13H2,1-7H3. The molecule has 0 aliphatic heterocycles. The fourth-order valence-electron chi connectivity index (χ4n) is 3.57. The van der Waals surface area contributed by atoms with Crippen LogP contribution in [-0.4, -0.2) is 31.4 Å². The average Bonchev–Trinajstić information content (AvgIpc) is 2.65. The predicted molar refractivity (Wildman–Crippen MR) is 115 cm³/mol. The molecule has 0 fully saturated rings. The molecule has 31 heavy (non-hydrogen) atoms. The van der Waals surface area contributed by atoms with E-state index in [9.17, 15) is 9.59 Å². The summed E-state index contributed by atoms with van der Waals surface area (Å²) in [4.78, 5) is 45.1. The monoisotopic (exact) mass is 430 g/mol. The summed E-state index contributed by atoms with van der Waals surface area (Å²) in [7, 11) is 0. The number of rotatable bonds is 9. The first kappa shape index (κ1) is 24.5. The number of benzene rings is 2. The van der Waals surface area contributed by atoms with E-state index in [4.69, 9.17) is 24.3 Å². The first-order chi connectivity index (χ1) is 14.6. The second-order valence-electron chi connectivity index (χ2n) is 7.57. The Kier molecular flexibility index (Phi) is 8.74. The highest BCUT2D eigenvalue weighted by molar-refractivity contribution is 5.93. The lowest BCUT2D eigenvalue weighted by atomic mass is 10.0. The number of carbonyl (C=O) groups excluding carboxylic acids is 2. The molecule has 0 saturated carbocycles. The Morgan fingerprint density at radius 1 is 0.710 bits per heavy atom. The highest BCUT2D eigenvalue weighted by Gasteiger charge is 2.23. The first-order valence-corrected chi connectivity index (χ1v) is 10.1. The van der Waals surface area contributed by atoms with Gasteiger partial charge in [-0.15, -0.1) is 9.78 Å². The maximum atomic E-state index is 12.5. The molecule has 2 aromatic rings. The van der Waals surface area contributed by atoms with Crippen LogP contribution in [0.15, 0.2) is 24.3 Å². The first-order valence-electron chi connectivity index (χ1n) is 10.1.